The molecule has 0 aromatic rings. The molecular formula is C21H26O6. The van der Waals surface area contributed by atoms with Crippen molar-refractivity contribution >= 4 is 17.9 Å². The van der Waals surface area contributed by atoms with Gasteiger partial charge in [0.15, 0.2) is 6.10 Å². The van der Waals surface area contributed by atoms with Crippen LogP contribution in [0, 0.1) is 11.3 Å². The van der Waals surface area contributed by atoms with Gasteiger partial charge in [-0.25, -0.2) is 4.79 Å². The van der Waals surface area contributed by atoms with E-state index in [0.29, 0.717) is 17.8 Å². The predicted molar refractivity (Wildman–Crippen MR) is 97.2 cm³/mol. The maximum Gasteiger partial charge on any atom is 0.339 e. The van der Waals surface area contributed by atoms with Crippen LogP contribution in [-0.4, -0.2) is 30.1 Å². The molecule has 1 heterocycles. The summed E-state index contributed by atoms with van der Waals surface area (Å²) in [6, 6.07) is 0. The van der Waals surface area contributed by atoms with Crippen LogP contribution in [0.2, 0.25) is 0 Å². The molecule has 0 aromatic heterocycles. The van der Waals surface area contributed by atoms with E-state index < -0.39 is 12.2 Å². The largest absolute Gasteiger partial charge is 0.458 e. The first-order chi connectivity index (χ1) is 12.7. The number of hydrogen-bond acceptors (Lipinski definition) is 6. The summed E-state index contributed by atoms with van der Waals surface area (Å²) < 4.78 is 16.6. The van der Waals surface area contributed by atoms with Gasteiger partial charge < -0.3 is 14.2 Å². The molecule has 27 heavy (non-hydrogen) atoms. The third kappa shape index (κ3) is 3.22. The Kier molecular flexibility index (Phi) is 5.02. The average molecular weight is 374 g/mol. The van der Waals surface area contributed by atoms with Crippen LogP contribution in [0.1, 0.15) is 53.9 Å². The summed E-state index contributed by atoms with van der Waals surface area (Å²) in [6.07, 6.45) is 3.56. The Morgan fingerprint density at radius 2 is 1.85 bits per heavy atom. The lowest BCUT2D eigenvalue weighted by Gasteiger charge is -2.48. The fourth-order valence-corrected chi connectivity index (χ4v) is 3.98. The average Bonchev–Trinajstić information content (AvgIpc) is 2.91. The molecule has 0 aromatic carbocycles. The van der Waals surface area contributed by atoms with Gasteiger partial charge >= 0.3 is 17.9 Å². The minimum absolute atomic E-state index is 0.114. The number of rotatable bonds is 4. The van der Waals surface area contributed by atoms with Gasteiger partial charge in [0.25, 0.3) is 0 Å². The first-order valence-electron chi connectivity index (χ1n) is 9.46. The number of carbonyl (C=O) groups excluding carboxylic acids is 3. The topological polar surface area (TPSA) is 78.9 Å². The summed E-state index contributed by atoms with van der Waals surface area (Å²) >= 11 is 0. The molecule has 1 aliphatic heterocycles. The fourth-order valence-electron chi connectivity index (χ4n) is 3.98. The molecule has 3 rings (SSSR count). The van der Waals surface area contributed by atoms with E-state index in [1.165, 1.54) is 0 Å². The molecule has 2 aliphatic carbocycles. The number of allylic oxidation sites excluding steroid dienone is 3. The number of carbonyl (C=O) groups is 3. The number of esters is 3. The summed E-state index contributed by atoms with van der Waals surface area (Å²) in [5, 5.41) is 0. The van der Waals surface area contributed by atoms with E-state index in [9.17, 15) is 14.4 Å². The summed E-state index contributed by atoms with van der Waals surface area (Å²) in [5.74, 6) is -0.548. The highest BCUT2D eigenvalue weighted by Crippen LogP contribution is 2.54. The molecule has 0 amide bonds. The molecule has 0 N–H and O–H groups in total. The van der Waals surface area contributed by atoms with E-state index >= 15 is 0 Å². The second-order valence-corrected chi connectivity index (χ2v) is 7.62. The van der Waals surface area contributed by atoms with Gasteiger partial charge in [-0.1, -0.05) is 27.7 Å². The molecule has 0 radical (unpaired) electrons. The minimum atomic E-state index is -0.661. The van der Waals surface area contributed by atoms with Crippen molar-refractivity contribution in [1.82, 2.24) is 0 Å². The zero-order valence-corrected chi connectivity index (χ0v) is 16.5. The van der Waals surface area contributed by atoms with Crippen LogP contribution < -0.4 is 0 Å². The Balaban J connectivity index is 2.05. The van der Waals surface area contributed by atoms with Gasteiger partial charge in [0, 0.05) is 35.3 Å². The molecule has 146 valence electrons. The molecule has 0 fully saturated rings. The summed E-state index contributed by atoms with van der Waals surface area (Å²) in [7, 11) is 0. The van der Waals surface area contributed by atoms with Crippen molar-refractivity contribution in [1.29, 1.82) is 0 Å². The Hall–Kier alpha value is -2.37. The molecule has 0 spiro atoms. The third-order valence-corrected chi connectivity index (χ3v) is 6.03. The van der Waals surface area contributed by atoms with Gasteiger partial charge in [0.2, 0.25) is 0 Å². The molecule has 3 aliphatic rings. The van der Waals surface area contributed by atoms with Crippen LogP contribution in [0.15, 0.2) is 34.6 Å². The van der Waals surface area contributed by atoms with E-state index in [4.69, 9.17) is 14.2 Å². The maximum atomic E-state index is 12.0. The summed E-state index contributed by atoms with van der Waals surface area (Å²) in [6.45, 7) is 9.31. The Bertz CT molecular complexity index is 786. The zero-order chi connectivity index (χ0) is 19.9. The van der Waals surface area contributed by atoms with Crippen molar-refractivity contribution in [3.8, 4) is 0 Å². The highest BCUT2D eigenvalue weighted by Gasteiger charge is 2.51. The maximum absolute atomic E-state index is 12.0. The normalized spacial score (nSPS) is 32.0. The SMILES string of the molecule is CCC(=O)OC1C=C2C=C3OC(=O)C(C)=C3CC2(C)C(C)C1OC(=O)CC. The minimum Gasteiger partial charge on any atom is -0.458 e. The number of fused-ring (bicyclic) bond motifs is 2. The van der Waals surface area contributed by atoms with Crippen LogP contribution >= 0.6 is 0 Å². The van der Waals surface area contributed by atoms with Gasteiger partial charge in [-0.15, -0.1) is 0 Å². The quantitative estimate of drug-likeness (QED) is 0.554. The molecule has 0 saturated carbocycles. The Labute approximate surface area is 159 Å². The Morgan fingerprint density at radius 1 is 1.22 bits per heavy atom. The fraction of sp³-hybridized carbons (Fsp3) is 0.571. The van der Waals surface area contributed by atoms with Gasteiger partial charge in [0.05, 0.1) is 0 Å². The molecule has 4 atom stereocenters. The van der Waals surface area contributed by atoms with Crippen molar-refractivity contribution in [2.45, 2.75) is 66.1 Å². The molecule has 6 nitrogen and oxygen atoms in total. The monoisotopic (exact) mass is 374 g/mol. The summed E-state index contributed by atoms with van der Waals surface area (Å²) in [5.41, 5.74) is 2.10. The third-order valence-electron chi connectivity index (χ3n) is 6.03. The van der Waals surface area contributed by atoms with E-state index in [1.807, 2.05) is 19.1 Å². The van der Waals surface area contributed by atoms with Crippen LogP contribution in [0.3, 0.4) is 0 Å². The lowest BCUT2D eigenvalue weighted by Crippen LogP contribution is -2.50. The van der Waals surface area contributed by atoms with Crippen molar-refractivity contribution in [3.63, 3.8) is 0 Å². The first kappa shape index (κ1) is 19.4. The molecule has 0 saturated heterocycles. The van der Waals surface area contributed by atoms with E-state index in [0.717, 1.165) is 11.1 Å². The van der Waals surface area contributed by atoms with Crippen LogP contribution in [0.4, 0.5) is 0 Å². The van der Waals surface area contributed by atoms with Crippen LogP contribution in [0.25, 0.3) is 0 Å². The second-order valence-electron chi connectivity index (χ2n) is 7.62. The van der Waals surface area contributed by atoms with Gasteiger partial charge in [-0.2, -0.15) is 0 Å². The van der Waals surface area contributed by atoms with Crippen molar-refractivity contribution < 1.29 is 28.6 Å². The van der Waals surface area contributed by atoms with Crippen molar-refractivity contribution in [3.05, 3.63) is 34.6 Å². The predicted octanol–water partition coefficient (Wildman–Crippen LogP) is 3.37. The highest BCUT2D eigenvalue weighted by atomic mass is 16.6. The van der Waals surface area contributed by atoms with Crippen LogP contribution in [-0.2, 0) is 28.6 Å². The van der Waals surface area contributed by atoms with Crippen molar-refractivity contribution in [2.24, 2.45) is 11.3 Å². The van der Waals surface area contributed by atoms with Gasteiger partial charge in [-0.05, 0) is 31.1 Å². The standard InChI is InChI=1S/C21H26O6/c1-6-17(22)25-16-9-13-8-15-14(11(3)20(24)26-15)10-21(13,5)12(4)19(16)27-18(23)7-2/h8-9,12,16,19H,6-7,10H2,1-5H3. The molecule has 0 bridgehead atoms. The lowest BCUT2D eigenvalue weighted by atomic mass is 9.60. The summed E-state index contributed by atoms with van der Waals surface area (Å²) in [4.78, 5) is 35.9. The van der Waals surface area contributed by atoms with Crippen LogP contribution in [0.5, 0.6) is 0 Å². The molecule has 4 unspecified atom stereocenters. The molecule has 6 heteroatoms. The van der Waals surface area contributed by atoms with E-state index in [-0.39, 0.29) is 42.1 Å². The van der Waals surface area contributed by atoms with Crippen molar-refractivity contribution in [2.75, 3.05) is 0 Å². The number of hydrogen-bond donors (Lipinski definition) is 0. The Morgan fingerprint density at radius 3 is 2.48 bits per heavy atom. The van der Waals surface area contributed by atoms with Gasteiger partial charge in [-0.3, -0.25) is 9.59 Å². The smallest absolute Gasteiger partial charge is 0.339 e. The highest BCUT2D eigenvalue weighted by molar-refractivity contribution is 5.94. The molecular weight excluding hydrogens is 348 g/mol. The van der Waals surface area contributed by atoms with Gasteiger partial charge in [0.1, 0.15) is 11.9 Å². The second kappa shape index (κ2) is 6.98. The lowest BCUT2D eigenvalue weighted by molar-refractivity contribution is -0.172. The van der Waals surface area contributed by atoms with E-state index in [1.54, 1.807) is 20.8 Å². The number of ether oxygens (including phenoxy) is 3. The zero-order valence-electron chi connectivity index (χ0n) is 16.5. The van der Waals surface area contributed by atoms with E-state index in [2.05, 4.69) is 6.92 Å². The first-order valence-corrected chi connectivity index (χ1v) is 9.46.